The van der Waals surface area contributed by atoms with Crippen LogP contribution < -0.4 is 10.1 Å². The summed E-state index contributed by atoms with van der Waals surface area (Å²) in [7, 11) is 0. The van der Waals surface area contributed by atoms with Crippen LogP contribution in [0.5, 0.6) is 5.75 Å². The SMILES string of the molecule is Cc1ccccc1Cn1cc(NC(=O)c2cc(COc3cccc(Cl)c3)cs2)cn1. The molecule has 0 aliphatic heterocycles. The van der Waals surface area contributed by atoms with Gasteiger partial charge >= 0.3 is 0 Å². The molecule has 1 amide bonds. The summed E-state index contributed by atoms with van der Waals surface area (Å²) >= 11 is 7.35. The molecule has 0 aliphatic carbocycles. The van der Waals surface area contributed by atoms with Crippen LogP contribution in [0.1, 0.15) is 26.4 Å². The van der Waals surface area contributed by atoms with Crippen LogP contribution >= 0.6 is 22.9 Å². The van der Waals surface area contributed by atoms with E-state index in [2.05, 4.69) is 29.5 Å². The Hall–Kier alpha value is -3.09. The molecule has 7 heteroatoms. The first-order valence-corrected chi connectivity index (χ1v) is 10.7. The molecule has 4 rings (SSSR count). The highest BCUT2D eigenvalue weighted by atomic mass is 35.5. The molecular formula is C23H20ClN3O2S. The molecule has 2 aromatic heterocycles. The highest BCUT2D eigenvalue weighted by Crippen LogP contribution is 2.21. The van der Waals surface area contributed by atoms with Crippen molar-refractivity contribution < 1.29 is 9.53 Å². The van der Waals surface area contributed by atoms with Gasteiger partial charge in [-0.05, 0) is 47.7 Å². The number of halogens is 1. The third kappa shape index (κ3) is 5.09. The van der Waals surface area contributed by atoms with Gasteiger partial charge in [0.05, 0.1) is 23.3 Å². The van der Waals surface area contributed by atoms with Gasteiger partial charge < -0.3 is 10.1 Å². The normalized spacial score (nSPS) is 10.7. The number of aromatic nitrogens is 2. The van der Waals surface area contributed by atoms with Crippen molar-refractivity contribution in [3.8, 4) is 5.75 Å². The second kappa shape index (κ2) is 9.15. The van der Waals surface area contributed by atoms with Crippen LogP contribution in [0.3, 0.4) is 0 Å². The van der Waals surface area contributed by atoms with E-state index in [0.717, 1.165) is 5.56 Å². The van der Waals surface area contributed by atoms with Gasteiger partial charge in [-0.15, -0.1) is 11.3 Å². The second-order valence-electron chi connectivity index (χ2n) is 6.87. The van der Waals surface area contributed by atoms with Crippen molar-refractivity contribution in [1.29, 1.82) is 0 Å². The average molecular weight is 438 g/mol. The van der Waals surface area contributed by atoms with Gasteiger partial charge in [0.25, 0.3) is 5.91 Å². The van der Waals surface area contributed by atoms with E-state index in [9.17, 15) is 4.79 Å². The molecule has 2 heterocycles. The number of rotatable bonds is 7. The van der Waals surface area contributed by atoms with Crippen molar-refractivity contribution >= 4 is 34.5 Å². The average Bonchev–Trinajstić information content (AvgIpc) is 3.38. The van der Waals surface area contributed by atoms with Gasteiger partial charge in [-0.25, -0.2) is 0 Å². The molecule has 152 valence electrons. The summed E-state index contributed by atoms with van der Waals surface area (Å²) < 4.78 is 7.55. The number of thiophene rings is 1. The van der Waals surface area contributed by atoms with Crippen LogP contribution in [0.15, 0.2) is 72.4 Å². The maximum absolute atomic E-state index is 12.6. The quantitative estimate of drug-likeness (QED) is 0.398. The molecule has 1 N–H and O–H groups in total. The first-order chi connectivity index (χ1) is 14.6. The van der Waals surface area contributed by atoms with Crippen molar-refractivity contribution in [1.82, 2.24) is 9.78 Å². The van der Waals surface area contributed by atoms with Crippen LogP contribution in [0.2, 0.25) is 5.02 Å². The number of nitrogens with one attached hydrogen (secondary N) is 1. The summed E-state index contributed by atoms with van der Waals surface area (Å²) in [5.41, 5.74) is 4.00. The Balaban J connectivity index is 1.34. The van der Waals surface area contributed by atoms with Crippen molar-refractivity contribution in [2.24, 2.45) is 0 Å². The van der Waals surface area contributed by atoms with Gasteiger partial charge in [-0.2, -0.15) is 5.10 Å². The molecule has 4 aromatic rings. The minimum Gasteiger partial charge on any atom is -0.489 e. The zero-order valence-corrected chi connectivity index (χ0v) is 17.9. The number of anilines is 1. The number of aryl methyl sites for hydroxylation is 1. The number of carbonyl (C=O) groups excluding carboxylic acids is 1. The Kier molecular flexibility index (Phi) is 6.16. The Bertz CT molecular complexity index is 1170. The van der Waals surface area contributed by atoms with E-state index < -0.39 is 0 Å². The fourth-order valence-corrected chi connectivity index (χ4v) is 3.94. The molecular weight excluding hydrogens is 418 g/mol. The zero-order chi connectivity index (χ0) is 20.9. The fourth-order valence-electron chi connectivity index (χ4n) is 2.96. The highest BCUT2D eigenvalue weighted by Gasteiger charge is 2.11. The summed E-state index contributed by atoms with van der Waals surface area (Å²) in [6, 6.07) is 17.3. The molecule has 30 heavy (non-hydrogen) atoms. The van der Waals surface area contributed by atoms with E-state index in [0.29, 0.717) is 34.5 Å². The standard InChI is InChI=1S/C23H20ClN3O2S/c1-16-5-2-3-6-18(16)12-27-13-20(11-25-27)26-23(28)22-9-17(15-30-22)14-29-21-8-4-7-19(24)10-21/h2-11,13,15H,12,14H2,1H3,(H,26,28). The molecule has 0 saturated heterocycles. The molecule has 0 aliphatic rings. The highest BCUT2D eigenvalue weighted by molar-refractivity contribution is 7.12. The summed E-state index contributed by atoms with van der Waals surface area (Å²) in [6.07, 6.45) is 3.49. The van der Waals surface area contributed by atoms with Gasteiger partial charge in [0.15, 0.2) is 0 Å². The van der Waals surface area contributed by atoms with Crippen LogP contribution in [-0.4, -0.2) is 15.7 Å². The molecule has 0 radical (unpaired) electrons. The lowest BCUT2D eigenvalue weighted by Crippen LogP contribution is -2.09. The van der Waals surface area contributed by atoms with Gasteiger partial charge in [0.1, 0.15) is 12.4 Å². The van der Waals surface area contributed by atoms with E-state index in [-0.39, 0.29) is 5.91 Å². The lowest BCUT2D eigenvalue weighted by molar-refractivity contribution is 0.103. The number of nitrogens with zero attached hydrogens (tertiary/aromatic N) is 2. The molecule has 5 nitrogen and oxygen atoms in total. The Labute approximate surface area is 183 Å². The molecule has 0 atom stereocenters. The van der Waals surface area contributed by atoms with Crippen LogP contribution in [-0.2, 0) is 13.2 Å². The van der Waals surface area contributed by atoms with E-state index in [1.807, 2.05) is 46.6 Å². The minimum absolute atomic E-state index is 0.163. The fraction of sp³-hybridized carbons (Fsp3) is 0.130. The lowest BCUT2D eigenvalue weighted by atomic mass is 10.1. The van der Waals surface area contributed by atoms with Crippen molar-refractivity contribution in [3.63, 3.8) is 0 Å². The molecule has 0 bridgehead atoms. The third-order valence-electron chi connectivity index (χ3n) is 4.56. The maximum Gasteiger partial charge on any atom is 0.265 e. The monoisotopic (exact) mass is 437 g/mol. The number of hydrogen-bond donors (Lipinski definition) is 1. The second-order valence-corrected chi connectivity index (χ2v) is 8.22. The first-order valence-electron chi connectivity index (χ1n) is 9.41. The van der Waals surface area contributed by atoms with E-state index in [1.165, 1.54) is 22.5 Å². The van der Waals surface area contributed by atoms with Crippen molar-refractivity contribution in [2.45, 2.75) is 20.1 Å². The van der Waals surface area contributed by atoms with Gasteiger partial charge in [-0.3, -0.25) is 9.48 Å². The maximum atomic E-state index is 12.6. The number of hydrogen-bond acceptors (Lipinski definition) is 4. The smallest absolute Gasteiger partial charge is 0.265 e. The number of carbonyl (C=O) groups is 1. The molecule has 0 fully saturated rings. The van der Waals surface area contributed by atoms with Crippen molar-refractivity contribution in [2.75, 3.05) is 5.32 Å². The Morgan fingerprint density at radius 2 is 2.07 bits per heavy atom. The zero-order valence-electron chi connectivity index (χ0n) is 16.3. The summed E-state index contributed by atoms with van der Waals surface area (Å²) in [6.45, 7) is 3.11. The third-order valence-corrected chi connectivity index (χ3v) is 5.78. The van der Waals surface area contributed by atoms with Crippen molar-refractivity contribution in [3.05, 3.63) is 99.0 Å². The molecule has 2 aromatic carbocycles. The number of benzene rings is 2. The van der Waals surface area contributed by atoms with Crippen LogP contribution in [0, 0.1) is 6.92 Å². The first kappa shape index (κ1) is 20.2. The van der Waals surface area contributed by atoms with E-state index in [1.54, 1.807) is 18.3 Å². The Morgan fingerprint density at radius 3 is 2.90 bits per heavy atom. The van der Waals surface area contributed by atoms with E-state index in [4.69, 9.17) is 16.3 Å². The minimum atomic E-state index is -0.163. The lowest BCUT2D eigenvalue weighted by Gasteiger charge is -2.05. The van der Waals surface area contributed by atoms with Gasteiger partial charge in [0, 0.05) is 16.8 Å². The molecule has 0 spiro atoms. The van der Waals surface area contributed by atoms with Crippen LogP contribution in [0.4, 0.5) is 5.69 Å². The predicted octanol–water partition coefficient (Wildman–Crippen LogP) is 5.79. The Morgan fingerprint density at radius 1 is 1.20 bits per heavy atom. The number of ether oxygens (including phenoxy) is 1. The summed E-state index contributed by atoms with van der Waals surface area (Å²) in [5.74, 6) is 0.533. The molecule has 0 unspecified atom stereocenters. The van der Waals surface area contributed by atoms with Gasteiger partial charge in [0.2, 0.25) is 0 Å². The summed E-state index contributed by atoms with van der Waals surface area (Å²) in [4.78, 5) is 13.2. The molecule has 0 saturated carbocycles. The van der Waals surface area contributed by atoms with Gasteiger partial charge in [-0.1, -0.05) is 41.9 Å². The topological polar surface area (TPSA) is 56.2 Å². The largest absolute Gasteiger partial charge is 0.489 e. The van der Waals surface area contributed by atoms with E-state index >= 15 is 0 Å². The summed E-state index contributed by atoms with van der Waals surface area (Å²) in [5, 5.41) is 9.80. The predicted molar refractivity (Wildman–Crippen MR) is 121 cm³/mol. The van der Waals surface area contributed by atoms with Crippen LogP contribution in [0.25, 0.3) is 0 Å². The number of amides is 1.